The zero-order chi connectivity index (χ0) is 15.9. The largest absolute Gasteiger partial charge is 0.369 e. The third kappa shape index (κ3) is 4.29. The van der Waals surface area contributed by atoms with Crippen molar-refractivity contribution in [1.29, 1.82) is 0 Å². The molecule has 2 aromatic carbocycles. The molecule has 1 heterocycles. The van der Waals surface area contributed by atoms with Crippen molar-refractivity contribution in [3.05, 3.63) is 84.4 Å². The highest BCUT2D eigenvalue weighted by Gasteiger charge is 2.37. The minimum absolute atomic E-state index is 0.0816. The highest BCUT2D eigenvalue weighted by Crippen LogP contribution is 2.23. The molecule has 2 aromatic rings. The maximum absolute atomic E-state index is 6.07. The van der Waals surface area contributed by atoms with E-state index in [0.29, 0.717) is 19.8 Å². The summed E-state index contributed by atoms with van der Waals surface area (Å²) in [5.41, 5.74) is 2.29. The van der Waals surface area contributed by atoms with Crippen molar-refractivity contribution < 1.29 is 14.2 Å². The molecule has 0 saturated carbocycles. The van der Waals surface area contributed by atoms with Crippen LogP contribution in [0.1, 0.15) is 11.1 Å². The van der Waals surface area contributed by atoms with E-state index in [1.807, 2.05) is 36.4 Å². The molecule has 0 spiro atoms. The lowest BCUT2D eigenvalue weighted by Gasteiger charge is -2.22. The Kier molecular flexibility index (Phi) is 5.59. The molecule has 1 aliphatic heterocycles. The number of ether oxygens (including phenoxy) is 3. The summed E-state index contributed by atoms with van der Waals surface area (Å²) in [6, 6.07) is 20.3. The van der Waals surface area contributed by atoms with Crippen LogP contribution in [0.25, 0.3) is 0 Å². The minimum Gasteiger partial charge on any atom is -0.369 e. The Morgan fingerprint density at radius 2 is 1.48 bits per heavy atom. The molecular weight excluding hydrogens is 288 g/mol. The van der Waals surface area contributed by atoms with Crippen LogP contribution in [0, 0.1) is 0 Å². The average molecular weight is 310 g/mol. The Balaban J connectivity index is 1.58. The van der Waals surface area contributed by atoms with E-state index in [1.54, 1.807) is 6.08 Å². The van der Waals surface area contributed by atoms with E-state index in [0.717, 1.165) is 11.1 Å². The smallest absolute Gasteiger partial charge is 0.116 e. The molecule has 1 saturated heterocycles. The second kappa shape index (κ2) is 8.06. The van der Waals surface area contributed by atoms with Gasteiger partial charge in [-0.05, 0) is 11.1 Å². The molecule has 23 heavy (non-hydrogen) atoms. The van der Waals surface area contributed by atoms with Crippen molar-refractivity contribution >= 4 is 0 Å². The van der Waals surface area contributed by atoms with E-state index in [2.05, 4.69) is 30.8 Å². The van der Waals surface area contributed by atoms with E-state index in [-0.39, 0.29) is 18.3 Å². The van der Waals surface area contributed by atoms with E-state index < -0.39 is 0 Å². The predicted octanol–water partition coefficient (Wildman–Crippen LogP) is 3.74. The molecular formula is C20H22O3. The van der Waals surface area contributed by atoms with Crippen LogP contribution in [0.3, 0.4) is 0 Å². The van der Waals surface area contributed by atoms with Crippen molar-refractivity contribution in [3.8, 4) is 0 Å². The molecule has 0 bridgehead atoms. The molecule has 0 aliphatic carbocycles. The second-order valence-corrected chi connectivity index (χ2v) is 5.63. The maximum Gasteiger partial charge on any atom is 0.116 e. The minimum atomic E-state index is -0.128. The van der Waals surface area contributed by atoms with Gasteiger partial charge in [-0.15, -0.1) is 6.58 Å². The molecule has 1 aliphatic rings. The molecule has 0 aromatic heterocycles. The van der Waals surface area contributed by atoms with Crippen LogP contribution in [-0.4, -0.2) is 24.9 Å². The number of hydrogen-bond acceptors (Lipinski definition) is 3. The summed E-state index contributed by atoms with van der Waals surface area (Å²) in [5, 5.41) is 0. The van der Waals surface area contributed by atoms with Gasteiger partial charge in [0, 0.05) is 0 Å². The van der Waals surface area contributed by atoms with Crippen LogP contribution in [0.5, 0.6) is 0 Å². The highest BCUT2D eigenvalue weighted by atomic mass is 16.6. The van der Waals surface area contributed by atoms with Gasteiger partial charge in [-0.2, -0.15) is 0 Å². The molecule has 0 N–H and O–H groups in total. The Hall–Kier alpha value is -1.94. The second-order valence-electron chi connectivity index (χ2n) is 5.63. The zero-order valence-corrected chi connectivity index (χ0v) is 13.1. The van der Waals surface area contributed by atoms with E-state index in [1.165, 1.54) is 0 Å². The standard InChI is InChI=1S/C20H22O3/c1-2-18-20(23-14-17-11-7-4-8-12-17)19(15-22-18)21-13-16-9-5-3-6-10-16/h2-12,18-20H,1,13-15H2/t18-,19+,20+/m1/s1. The van der Waals surface area contributed by atoms with E-state index in [4.69, 9.17) is 14.2 Å². The number of rotatable bonds is 7. The Morgan fingerprint density at radius 1 is 0.913 bits per heavy atom. The summed E-state index contributed by atoms with van der Waals surface area (Å²) in [6.45, 7) is 5.48. The van der Waals surface area contributed by atoms with Gasteiger partial charge in [0.25, 0.3) is 0 Å². The topological polar surface area (TPSA) is 27.7 Å². The SMILES string of the molecule is C=C[C@H]1OC[C@H](OCc2ccccc2)[C@H]1OCc1ccccc1. The first-order valence-corrected chi connectivity index (χ1v) is 7.92. The van der Waals surface area contributed by atoms with Crippen molar-refractivity contribution in [2.75, 3.05) is 6.61 Å². The molecule has 3 atom stereocenters. The first-order valence-electron chi connectivity index (χ1n) is 7.92. The van der Waals surface area contributed by atoms with Crippen LogP contribution in [0.2, 0.25) is 0 Å². The molecule has 0 amide bonds. The summed E-state index contributed by atoms with van der Waals surface area (Å²) < 4.78 is 17.8. The van der Waals surface area contributed by atoms with Crippen LogP contribution in [0.4, 0.5) is 0 Å². The molecule has 0 unspecified atom stereocenters. The first-order chi connectivity index (χ1) is 11.4. The fraction of sp³-hybridized carbons (Fsp3) is 0.300. The maximum atomic E-state index is 6.07. The van der Waals surface area contributed by atoms with Gasteiger partial charge in [0.15, 0.2) is 0 Å². The third-order valence-corrected chi connectivity index (χ3v) is 3.97. The normalized spacial score (nSPS) is 23.7. The van der Waals surface area contributed by atoms with Gasteiger partial charge in [0.1, 0.15) is 18.3 Å². The van der Waals surface area contributed by atoms with Gasteiger partial charge in [-0.25, -0.2) is 0 Å². The Morgan fingerprint density at radius 3 is 2.04 bits per heavy atom. The fourth-order valence-corrected chi connectivity index (χ4v) is 2.70. The van der Waals surface area contributed by atoms with Crippen LogP contribution in [-0.2, 0) is 27.4 Å². The molecule has 3 heteroatoms. The lowest BCUT2D eigenvalue weighted by Crippen LogP contribution is -2.34. The summed E-state index contributed by atoms with van der Waals surface area (Å²) in [7, 11) is 0. The van der Waals surface area contributed by atoms with Crippen molar-refractivity contribution in [3.63, 3.8) is 0 Å². The monoisotopic (exact) mass is 310 g/mol. The quantitative estimate of drug-likeness (QED) is 0.729. The zero-order valence-electron chi connectivity index (χ0n) is 13.1. The third-order valence-electron chi connectivity index (χ3n) is 3.97. The lowest BCUT2D eigenvalue weighted by molar-refractivity contribution is -0.0667. The van der Waals surface area contributed by atoms with Gasteiger partial charge in [0.2, 0.25) is 0 Å². The van der Waals surface area contributed by atoms with Crippen molar-refractivity contribution in [1.82, 2.24) is 0 Å². The van der Waals surface area contributed by atoms with Gasteiger partial charge >= 0.3 is 0 Å². The van der Waals surface area contributed by atoms with Gasteiger partial charge in [-0.1, -0.05) is 66.7 Å². The summed E-state index contributed by atoms with van der Waals surface area (Å²) in [6.07, 6.45) is 1.46. The Labute approximate surface area is 137 Å². The summed E-state index contributed by atoms with van der Waals surface area (Å²) in [4.78, 5) is 0. The first kappa shape index (κ1) is 15.9. The fourth-order valence-electron chi connectivity index (χ4n) is 2.70. The van der Waals surface area contributed by atoms with Crippen molar-refractivity contribution in [2.45, 2.75) is 31.5 Å². The molecule has 3 nitrogen and oxygen atoms in total. The molecule has 120 valence electrons. The van der Waals surface area contributed by atoms with Crippen molar-refractivity contribution in [2.24, 2.45) is 0 Å². The number of hydrogen-bond donors (Lipinski definition) is 0. The van der Waals surface area contributed by atoms with Crippen LogP contribution in [0.15, 0.2) is 73.3 Å². The van der Waals surface area contributed by atoms with Gasteiger partial charge < -0.3 is 14.2 Å². The van der Waals surface area contributed by atoms with E-state index in [9.17, 15) is 0 Å². The average Bonchev–Trinajstić information content (AvgIpc) is 3.02. The summed E-state index contributed by atoms with van der Waals surface area (Å²) in [5.74, 6) is 0. The van der Waals surface area contributed by atoms with Crippen LogP contribution >= 0.6 is 0 Å². The predicted molar refractivity (Wildman–Crippen MR) is 90.0 cm³/mol. The molecule has 1 fully saturated rings. The molecule has 0 radical (unpaired) electrons. The lowest BCUT2D eigenvalue weighted by atomic mass is 10.1. The van der Waals surface area contributed by atoms with Crippen LogP contribution < -0.4 is 0 Å². The summed E-state index contributed by atoms with van der Waals surface area (Å²) >= 11 is 0. The highest BCUT2D eigenvalue weighted by molar-refractivity contribution is 5.14. The van der Waals surface area contributed by atoms with Gasteiger partial charge in [0.05, 0.1) is 19.8 Å². The van der Waals surface area contributed by atoms with Gasteiger partial charge in [-0.3, -0.25) is 0 Å². The number of benzene rings is 2. The Bertz CT molecular complexity index is 597. The molecule has 3 rings (SSSR count). The van der Waals surface area contributed by atoms with E-state index >= 15 is 0 Å².